The topological polar surface area (TPSA) is 63.4 Å². The van der Waals surface area contributed by atoms with Crippen LogP contribution in [0.2, 0.25) is 0 Å². The summed E-state index contributed by atoms with van der Waals surface area (Å²) in [6, 6.07) is 17.5. The Morgan fingerprint density at radius 1 is 1.08 bits per heavy atom. The third kappa shape index (κ3) is 3.97. The minimum absolute atomic E-state index is 0.0184. The van der Waals surface area contributed by atoms with Gasteiger partial charge in [-0.15, -0.1) is 0 Å². The molecule has 0 saturated carbocycles. The van der Waals surface area contributed by atoms with Crippen LogP contribution in [0.1, 0.15) is 40.7 Å². The maximum absolute atomic E-state index is 12.5. The van der Waals surface area contributed by atoms with Gasteiger partial charge in [-0.3, -0.25) is 9.59 Å². The van der Waals surface area contributed by atoms with Crippen LogP contribution in [0, 0.1) is 0 Å². The van der Waals surface area contributed by atoms with E-state index in [1.54, 1.807) is 36.4 Å². The molecule has 25 heavy (non-hydrogen) atoms. The van der Waals surface area contributed by atoms with Gasteiger partial charge in [0.1, 0.15) is 0 Å². The third-order valence-electron chi connectivity index (χ3n) is 4.74. The Balaban J connectivity index is 1.65. The van der Waals surface area contributed by atoms with E-state index >= 15 is 0 Å². The van der Waals surface area contributed by atoms with Crippen LogP contribution in [0.4, 0.5) is 0 Å². The Labute approximate surface area is 148 Å². The van der Waals surface area contributed by atoms with E-state index in [9.17, 15) is 9.59 Å². The maximum atomic E-state index is 12.5. The number of primary amides is 1. The van der Waals surface area contributed by atoms with Gasteiger partial charge >= 0.3 is 0 Å². The Morgan fingerprint density at radius 2 is 1.76 bits per heavy atom. The van der Waals surface area contributed by atoms with Crippen molar-refractivity contribution >= 4 is 17.9 Å². The lowest BCUT2D eigenvalue weighted by molar-refractivity contribution is -0.126. The zero-order valence-electron chi connectivity index (χ0n) is 14.3. The first-order chi connectivity index (χ1) is 12.0. The van der Waals surface area contributed by atoms with E-state index in [1.165, 1.54) is 5.56 Å². The molecule has 4 nitrogen and oxygen atoms in total. The van der Waals surface area contributed by atoms with Crippen molar-refractivity contribution in [3.05, 3.63) is 77.4 Å². The van der Waals surface area contributed by atoms with Gasteiger partial charge in [-0.25, -0.2) is 0 Å². The van der Waals surface area contributed by atoms with Crippen LogP contribution in [-0.2, 0) is 4.79 Å². The molecule has 4 heteroatoms. The highest BCUT2D eigenvalue weighted by molar-refractivity contribution is 5.94. The monoisotopic (exact) mass is 334 g/mol. The van der Waals surface area contributed by atoms with Gasteiger partial charge in [0.05, 0.1) is 0 Å². The number of rotatable bonds is 4. The molecule has 2 N–H and O–H groups in total. The van der Waals surface area contributed by atoms with Gasteiger partial charge in [0.2, 0.25) is 11.8 Å². The molecule has 1 aliphatic heterocycles. The second-order valence-electron chi connectivity index (χ2n) is 6.50. The van der Waals surface area contributed by atoms with Crippen molar-refractivity contribution in [3.8, 4) is 0 Å². The van der Waals surface area contributed by atoms with E-state index < -0.39 is 5.91 Å². The molecule has 0 aliphatic carbocycles. The van der Waals surface area contributed by atoms with E-state index in [0.29, 0.717) is 11.5 Å². The van der Waals surface area contributed by atoms with Gasteiger partial charge in [0.25, 0.3) is 0 Å². The first-order valence-electron chi connectivity index (χ1n) is 8.48. The van der Waals surface area contributed by atoms with Crippen LogP contribution in [0.15, 0.2) is 60.7 Å². The predicted molar refractivity (Wildman–Crippen MR) is 99.0 cm³/mol. The van der Waals surface area contributed by atoms with E-state index in [-0.39, 0.29) is 11.9 Å². The van der Waals surface area contributed by atoms with Gasteiger partial charge in [-0.2, -0.15) is 0 Å². The van der Waals surface area contributed by atoms with Crippen molar-refractivity contribution in [2.45, 2.75) is 25.3 Å². The number of amides is 2. The average Bonchev–Trinajstić information content (AvgIpc) is 3.02. The SMILES string of the molecule is CC1CC(c2ccccc2)CN1C(=O)C=Cc1ccc(C(N)=O)cc1. The maximum Gasteiger partial charge on any atom is 0.248 e. The highest BCUT2D eigenvalue weighted by Gasteiger charge is 2.31. The number of carbonyl (C=O) groups excluding carboxylic acids is 2. The van der Waals surface area contributed by atoms with Crippen molar-refractivity contribution in [2.24, 2.45) is 5.73 Å². The number of likely N-dealkylation sites (tertiary alicyclic amines) is 1. The van der Waals surface area contributed by atoms with Gasteiger partial charge < -0.3 is 10.6 Å². The fourth-order valence-corrected chi connectivity index (χ4v) is 3.33. The second-order valence-corrected chi connectivity index (χ2v) is 6.50. The number of hydrogen-bond acceptors (Lipinski definition) is 2. The summed E-state index contributed by atoms with van der Waals surface area (Å²) >= 11 is 0. The molecule has 1 fully saturated rings. The molecule has 2 atom stereocenters. The normalized spacial score (nSPS) is 20.1. The van der Waals surface area contributed by atoms with Crippen LogP contribution in [0.5, 0.6) is 0 Å². The second kappa shape index (κ2) is 7.34. The highest BCUT2D eigenvalue weighted by Crippen LogP contribution is 2.31. The van der Waals surface area contributed by atoms with Crippen molar-refractivity contribution in [1.82, 2.24) is 4.90 Å². The van der Waals surface area contributed by atoms with Crippen LogP contribution < -0.4 is 5.73 Å². The Kier molecular flexibility index (Phi) is 4.98. The zero-order chi connectivity index (χ0) is 17.8. The summed E-state index contributed by atoms with van der Waals surface area (Å²) < 4.78 is 0. The van der Waals surface area contributed by atoms with Gasteiger partial charge in [0, 0.05) is 30.1 Å². The van der Waals surface area contributed by atoms with Gasteiger partial charge in [0.15, 0.2) is 0 Å². The Morgan fingerprint density at radius 3 is 2.40 bits per heavy atom. The standard InChI is InChI=1S/C21H22N2O2/c1-15-13-19(17-5-3-2-4-6-17)14-23(15)20(24)12-9-16-7-10-18(11-8-16)21(22)25/h2-12,15,19H,13-14H2,1H3,(H2,22,25). The lowest BCUT2D eigenvalue weighted by Gasteiger charge is -2.19. The largest absolute Gasteiger partial charge is 0.366 e. The predicted octanol–water partition coefficient (Wildman–Crippen LogP) is 3.20. The first kappa shape index (κ1) is 17.0. The fraction of sp³-hybridized carbons (Fsp3) is 0.238. The van der Waals surface area contributed by atoms with Crippen LogP contribution in [0.3, 0.4) is 0 Å². The molecule has 2 aromatic carbocycles. The van der Waals surface area contributed by atoms with Crippen molar-refractivity contribution in [1.29, 1.82) is 0 Å². The van der Waals surface area contributed by atoms with E-state index in [2.05, 4.69) is 19.1 Å². The smallest absolute Gasteiger partial charge is 0.248 e. The summed E-state index contributed by atoms with van der Waals surface area (Å²) in [6.45, 7) is 2.84. The van der Waals surface area contributed by atoms with Crippen LogP contribution in [-0.4, -0.2) is 29.3 Å². The summed E-state index contributed by atoms with van der Waals surface area (Å²) in [5.41, 5.74) is 7.84. The number of carbonyl (C=O) groups is 2. The fourth-order valence-electron chi connectivity index (χ4n) is 3.33. The lowest BCUT2D eigenvalue weighted by atomic mass is 9.97. The summed E-state index contributed by atoms with van der Waals surface area (Å²) in [6.07, 6.45) is 4.36. The lowest BCUT2D eigenvalue weighted by Crippen LogP contribution is -2.32. The number of hydrogen-bond donors (Lipinski definition) is 1. The minimum Gasteiger partial charge on any atom is -0.366 e. The molecule has 128 valence electrons. The molecule has 2 amide bonds. The molecule has 1 heterocycles. The number of benzene rings is 2. The molecule has 2 aromatic rings. The van der Waals surface area contributed by atoms with Crippen LogP contribution in [0.25, 0.3) is 6.08 Å². The molecule has 0 radical (unpaired) electrons. The quantitative estimate of drug-likeness (QED) is 0.873. The molecule has 3 rings (SSSR count). The molecule has 0 bridgehead atoms. The number of nitrogens with zero attached hydrogens (tertiary/aromatic N) is 1. The molecule has 0 spiro atoms. The van der Waals surface area contributed by atoms with Crippen molar-refractivity contribution in [3.63, 3.8) is 0 Å². The molecular formula is C21H22N2O2. The molecular weight excluding hydrogens is 312 g/mol. The summed E-state index contributed by atoms with van der Waals surface area (Å²) in [5, 5.41) is 0. The Hall–Kier alpha value is -2.88. The van der Waals surface area contributed by atoms with E-state index in [4.69, 9.17) is 5.73 Å². The minimum atomic E-state index is -0.454. The number of nitrogens with two attached hydrogens (primary N) is 1. The first-order valence-corrected chi connectivity index (χ1v) is 8.48. The summed E-state index contributed by atoms with van der Waals surface area (Å²) in [5.74, 6) is -0.0437. The molecule has 1 saturated heterocycles. The third-order valence-corrected chi connectivity index (χ3v) is 4.74. The Bertz CT molecular complexity index is 781. The zero-order valence-corrected chi connectivity index (χ0v) is 14.3. The molecule has 1 aliphatic rings. The van der Waals surface area contributed by atoms with Crippen molar-refractivity contribution < 1.29 is 9.59 Å². The van der Waals surface area contributed by atoms with Gasteiger partial charge in [-0.1, -0.05) is 42.5 Å². The molecule has 0 aromatic heterocycles. The van der Waals surface area contributed by atoms with E-state index in [0.717, 1.165) is 18.5 Å². The van der Waals surface area contributed by atoms with Crippen molar-refractivity contribution in [2.75, 3.05) is 6.54 Å². The van der Waals surface area contributed by atoms with Crippen LogP contribution >= 0.6 is 0 Å². The highest BCUT2D eigenvalue weighted by atomic mass is 16.2. The van der Waals surface area contributed by atoms with Gasteiger partial charge in [-0.05, 0) is 42.7 Å². The van der Waals surface area contributed by atoms with E-state index in [1.807, 2.05) is 23.1 Å². The summed E-state index contributed by atoms with van der Waals surface area (Å²) in [4.78, 5) is 25.5. The molecule has 2 unspecified atom stereocenters. The average molecular weight is 334 g/mol. The summed E-state index contributed by atoms with van der Waals surface area (Å²) in [7, 11) is 0.